The molecule has 0 bridgehead atoms. The van der Waals surface area contributed by atoms with Crippen molar-refractivity contribution in [3.63, 3.8) is 0 Å². The van der Waals surface area contributed by atoms with Gasteiger partial charge in [-0.1, -0.05) is 37.6 Å². The maximum atomic E-state index is 12.8. The number of aryl methyl sites for hydroxylation is 1. The Morgan fingerprint density at radius 2 is 2.04 bits per heavy atom. The summed E-state index contributed by atoms with van der Waals surface area (Å²) in [6.45, 7) is 5.96. The van der Waals surface area contributed by atoms with Gasteiger partial charge in [-0.05, 0) is 42.7 Å². The first kappa shape index (κ1) is 17.2. The van der Waals surface area contributed by atoms with Gasteiger partial charge in [0.25, 0.3) is 5.91 Å². The minimum Gasteiger partial charge on any atom is -0.306 e. The van der Waals surface area contributed by atoms with Gasteiger partial charge in [0.15, 0.2) is 0 Å². The Kier molecular flexibility index (Phi) is 4.86. The van der Waals surface area contributed by atoms with Gasteiger partial charge in [0, 0.05) is 11.2 Å². The summed E-state index contributed by atoms with van der Waals surface area (Å²) >= 11 is 6.09. The van der Waals surface area contributed by atoms with Crippen molar-refractivity contribution in [2.75, 3.05) is 5.32 Å². The molecule has 1 N–H and O–H groups in total. The number of pyridine rings is 1. The lowest BCUT2D eigenvalue weighted by Crippen LogP contribution is -2.16. The highest BCUT2D eigenvalue weighted by atomic mass is 35.5. The van der Waals surface area contributed by atoms with Gasteiger partial charge in [-0.2, -0.15) is 5.10 Å². The number of benzene rings is 1. The first-order valence-corrected chi connectivity index (χ1v) is 8.42. The molecule has 3 rings (SSSR count). The molecule has 25 heavy (non-hydrogen) atoms. The van der Waals surface area contributed by atoms with Gasteiger partial charge in [0.2, 0.25) is 0 Å². The molecule has 5 nitrogen and oxygen atoms in total. The predicted octanol–water partition coefficient (Wildman–Crippen LogP) is 4.60. The van der Waals surface area contributed by atoms with E-state index in [4.69, 9.17) is 11.6 Å². The summed E-state index contributed by atoms with van der Waals surface area (Å²) in [5, 5.41) is 7.90. The van der Waals surface area contributed by atoms with Crippen molar-refractivity contribution in [3.05, 3.63) is 70.6 Å². The van der Waals surface area contributed by atoms with Crippen LogP contribution >= 0.6 is 11.6 Å². The van der Waals surface area contributed by atoms with Crippen LogP contribution in [0.2, 0.25) is 5.02 Å². The summed E-state index contributed by atoms with van der Waals surface area (Å²) in [7, 11) is 0. The highest BCUT2D eigenvalue weighted by molar-refractivity contribution is 6.30. The van der Waals surface area contributed by atoms with Gasteiger partial charge >= 0.3 is 0 Å². The van der Waals surface area contributed by atoms with Crippen LogP contribution in [0, 0.1) is 6.92 Å². The molecule has 0 saturated heterocycles. The summed E-state index contributed by atoms with van der Waals surface area (Å²) in [6.07, 6.45) is 3.24. The van der Waals surface area contributed by atoms with Crippen LogP contribution in [0.1, 0.15) is 41.4 Å². The second kappa shape index (κ2) is 7.07. The number of nitrogens with zero attached hydrogens (tertiary/aromatic N) is 3. The molecule has 2 heterocycles. The van der Waals surface area contributed by atoms with E-state index in [1.807, 2.05) is 51.1 Å². The van der Waals surface area contributed by atoms with E-state index in [0.717, 1.165) is 16.9 Å². The number of anilines is 1. The van der Waals surface area contributed by atoms with Gasteiger partial charge in [-0.3, -0.25) is 4.79 Å². The van der Waals surface area contributed by atoms with Crippen LogP contribution in [0.15, 0.2) is 48.8 Å². The molecule has 0 aliphatic heterocycles. The molecule has 0 aliphatic carbocycles. The SMILES string of the molecule is Cc1cccnc1NC(=O)c1cnn(-c2cccc(Cl)c2)c1C(C)C. The van der Waals surface area contributed by atoms with Crippen LogP contribution in [-0.4, -0.2) is 20.7 Å². The van der Waals surface area contributed by atoms with E-state index in [2.05, 4.69) is 15.4 Å². The van der Waals surface area contributed by atoms with Crippen molar-refractivity contribution >= 4 is 23.3 Å². The highest BCUT2D eigenvalue weighted by Gasteiger charge is 2.21. The van der Waals surface area contributed by atoms with Crippen molar-refractivity contribution in [3.8, 4) is 5.69 Å². The minimum absolute atomic E-state index is 0.104. The quantitative estimate of drug-likeness (QED) is 0.744. The zero-order valence-electron chi connectivity index (χ0n) is 14.3. The third-order valence-corrected chi connectivity index (χ3v) is 4.13. The van der Waals surface area contributed by atoms with Crippen molar-refractivity contribution in [1.29, 1.82) is 0 Å². The maximum Gasteiger partial charge on any atom is 0.260 e. The van der Waals surface area contributed by atoms with E-state index in [1.165, 1.54) is 0 Å². The monoisotopic (exact) mass is 354 g/mol. The van der Waals surface area contributed by atoms with E-state index in [0.29, 0.717) is 16.4 Å². The second-order valence-electron chi connectivity index (χ2n) is 6.11. The van der Waals surface area contributed by atoms with Crippen LogP contribution in [0.4, 0.5) is 5.82 Å². The molecular weight excluding hydrogens is 336 g/mol. The average Bonchev–Trinajstić information content (AvgIpc) is 3.02. The minimum atomic E-state index is -0.223. The van der Waals surface area contributed by atoms with Gasteiger partial charge < -0.3 is 5.32 Å². The molecule has 128 valence electrons. The van der Waals surface area contributed by atoms with Crippen molar-refractivity contribution in [2.45, 2.75) is 26.7 Å². The number of aromatic nitrogens is 3. The standard InChI is InChI=1S/C19H19ClN4O/c1-12(2)17-16(19(25)23-18-13(3)6-5-9-21-18)11-22-24(17)15-8-4-7-14(20)10-15/h4-12H,1-3H3,(H,21,23,25). The fourth-order valence-electron chi connectivity index (χ4n) is 2.69. The van der Waals surface area contributed by atoms with Crippen molar-refractivity contribution in [1.82, 2.24) is 14.8 Å². The fraction of sp³-hybridized carbons (Fsp3) is 0.211. The largest absolute Gasteiger partial charge is 0.306 e. The summed E-state index contributed by atoms with van der Waals surface area (Å²) in [4.78, 5) is 17.0. The number of hydrogen-bond donors (Lipinski definition) is 1. The molecule has 0 fully saturated rings. The molecular formula is C19H19ClN4O. The van der Waals surface area contributed by atoms with E-state index < -0.39 is 0 Å². The molecule has 0 saturated carbocycles. The average molecular weight is 355 g/mol. The molecule has 0 atom stereocenters. The molecule has 1 amide bonds. The summed E-state index contributed by atoms with van der Waals surface area (Å²) in [6, 6.07) is 11.1. The van der Waals surface area contributed by atoms with Crippen molar-refractivity contribution in [2.24, 2.45) is 0 Å². The Bertz CT molecular complexity index is 917. The maximum absolute atomic E-state index is 12.8. The molecule has 0 radical (unpaired) electrons. The van der Waals surface area contributed by atoms with E-state index in [1.54, 1.807) is 23.1 Å². The van der Waals surface area contributed by atoms with E-state index in [-0.39, 0.29) is 11.8 Å². The van der Waals surface area contributed by atoms with Crippen LogP contribution in [0.5, 0.6) is 0 Å². The number of amides is 1. The zero-order valence-corrected chi connectivity index (χ0v) is 15.1. The van der Waals surface area contributed by atoms with Crippen molar-refractivity contribution < 1.29 is 4.79 Å². The van der Waals surface area contributed by atoms with Gasteiger partial charge in [-0.15, -0.1) is 0 Å². The highest BCUT2D eigenvalue weighted by Crippen LogP contribution is 2.25. The van der Waals surface area contributed by atoms with Crippen LogP contribution < -0.4 is 5.32 Å². The van der Waals surface area contributed by atoms with Crippen LogP contribution in [0.3, 0.4) is 0 Å². The van der Waals surface area contributed by atoms with Crippen LogP contribution in [0.25, 0.3) is 5.69 Å². The number of halogens is 1. The molecule has 0 unspecified atom stereocenters. The number of carbonyl (C=O) groups is 1. The number of carbonyl (C=O) groups excluding carboxylic acids is 1. The lowest BCUT2D eigenvalue weighted by atomic mass is 10.0. The Labute approximate surface area is 151 Å². The number of nitrogens with one attached hydrogen (secondary N) is 1. The molecule has 1 aromatic carbocycles. The third-order valence-electron chi connectivity index (χ3n) is 3.89. The normalized spacial score (nSPS) is 10.9. The summed E-state index contributed by atoms with van der Waals surface area (Å²) in [5.74, 6) is 0.434. The van der Waals surface area contributed by atoms with Gasteiger partial charge in [0.1, 0.15) is 5.82 Å². The van der Waals surface area contributed by atoms with E-state index in [9.17, 15) is 4.79 Å². The predicted molar refractivity (Wildman–Crippen MR) is 99.6 cm³/mol. The molecule has 6 heteroatoms. The third kappa shape index (κ3) is 3.56. The van der Waals surface area contributed by atoms with E-state index >= 15 is 0 Å². The first-order valence-electron chi connectivity index (χ1n) is 8.04. The summed E-state index contributed by atoms with van der Waals surface area (Å²) in [5.41, 5.74) is 3.09. The van der Waals surface area contributed by atoms with Gasteiger partial charge in [-0.25, -0.2) is 9.67 Å². The lowest BCUT2D eigenvalue weighted by molar-refractivity contribution is 0.102. The smallest absolute Gasteiger partial charge is 0.260 e. The Morgan fingerprint density at radius 1 is 1.24 bits per heavy atom. The Hall–Kier alpha value is -2.66. The second-order valence-corrected chi connectivity index (χ2v) is 6.55. The zero-order chi connectivity index (χ0) is 18.0. The topological polar surface area (TPSA) is 59.8 Å². The van der Waals surface area contributed by atoms with Crippen LogP contribution in [-0.2, 0) is 0 Å². The number of hydrogen-bond acceptors (Lipinski definition) is 3. The van der Waals surface area contributed by atoms with Gasteiger partial charge in [0.05, 0.1) is 23.1 Å². The Balaban J connectivity index is 2.00. The summed E-state index contributed by atoms with van der Waals surface area (Å²) < 4.78 is 1.76. The lowest BCUT2D eigenvalue weighted by Gasteiger charge is -2.13. The fourth-order valence-corrected chi connectivity index (χ4v) is 2.88. The molecule has 3 aromatic rings. The molecule has 2 aromatic heterocycles. The first-order chi connectivity index (χ1) is 12.0. The molecule has 0 aliphatic rings. The number of rotatable bonds is 4. The molecule has 0 spiro atoms. The Morgan fingerprint density at radius 3 is 2.72 bits per heavy atom.